The molecule has 0 heterocycles. The quantitative estimate of drug-likeness (QED) is 0.505. The maximum atomic E-state index is 11.0. The standard InChI is InChI=1S/C26H31NO3/c1-30-24-14-12-21(13-15-24)18-25(26(29)16-17-28)27(19-22-8-4-2-5-9-22)20-23-10-6-3-7-11-23/h2-15,25-26,28-29H,16-20H2,1H3/t25-,26-/m1/s1. The van der Waals surface area contributed by atoms with E-state index in [1.165, 1.54) is 11.1 Å². The number of hydrogen-bond donors (Lipinski definition) is 2. The van der Waals surface area contributed by atoms with Crippen molar-refractivity contribution in [2.75, 3.05) is 13.7 Å². The van der Waals surface area contributed by atoms with Crippen LogP contribution in [0.25, 0.3) is 0 Å². The molecule has 4 heteroatoms. The first-order valence-electron chi connectivity index (χ1n) is 10.4. The Morgan fingerprint density at radius 2 is 1.30 bits per heavy atom. The van der Waals surface area contributed by atoms with Crippen LogP contribution < -0.4 is 4.74 Å². The average Bonchev–Trinajstić information content (AvgIpc) is 2.79. The minimum atomic E-state index is -0.635. The van der Waals surface area contributed by atoms with Crippen LogP contribution in [-0.2, 0) is 19.5 Å². The molecule has 3 aromatic carbocycles. The Morgan fingerprint density at radius 1 is 0.767 bits per heavy atom. The first-order valence-corrected chi connectivity index (χ1v) is 10.4. The van der Waals surface area contributed by atoms with Crippen LogP contribution in [0.15, 0.2) is 84.9 Å². The number of rotatable bonds is 11. The van der Waals surface area contributed by atoms with Crippen LogP contribution in [0.5, 0.6) is 5.75 Å². The van der Waals surface area contributed by atoms with Crippen molar-refractivity contribution in [3.05, 3.63) is 102 Å². The number of methoxy groups -OCH3 is 1. The molecule has 3 aromatic rings. The number of aliphatic hydroxyl groups is 2. The summed E-state index contributed by atoms with van der Waals surface area (Å²) in [6, 6.07) is 28.5. The van der Waals surface area contributed by atoms with E-state index in [2.05, 4.69) is 29.2 Å². The van der Waals surface area contributed by atoms with E-state index in [1.54, 1.807) is 7.11 Å². The molecule has 0 bridgehead atoms. The van der Waals surface area contributed by atoms with Gasteiger partial charge in [-0.3, -0.25) is 4.90 Å². The largest absolute Gasteiger partial charge is 0.497 e. The molecule has 0 saturated carbocycles. The van der Waals surface area contributed by atoms with E-state index in [1.807, 2.05) is 60.7 Å². The molecule has 0 amide bonds. The van der Waals surface area contributed by atoms with Gasteiger partial charge in [0, 0.05) is 25.7 Å². The second-order valence-electron chi connectivity index (χ2n) is 7.58. The minimum Gasteiger partial charge on any atom is -0.497 e. The predicted molar refractivity (Wildman–Crippen MR) is 120 cm³/mol. The van der Waals surface area contributed by atoms with E-state index >= 15 is 0 Å². The van der Waals surface area contributed by atoms with Crippen LogP contribution in [0.4, 0.5) is 0 Å². The summed E-state index contributed by atoms with van der Waals surface area (Å²) in [6.45, 7) is 1.41. The number of aliphatic hydroxyl groups excluding tert-OH is 2. The van der Waals surface area contributed by atoms with Crippen LogP contribution in [0.1, 0.15) is 23.1 Å². The van der Waals surface area contributed by atoms with Gasteiger partial charge < -0.3 is 14.9 Å². The van der Waals surface area contributed by atoms with Gasteiger partial charge in [-0.2, -0.15) is 0 Å². The molecule has 0 spiro atoms. The topological polar surface area (TPSA) is 52.9 Å². The molecule has 0 aliphatic rings. The first-order chi connectivity index (χ1) is 14.7. The van der Waals surface area contributed by atoms with E-state index in [-0.39, 0.29) is 12.6 Å². The fraction of sp³-hybridized carbons (Fsp3) is 0.308. The lowest BCUT2D eigenvalue weighted by Gasteiger charge is -2.35. The van der Waals surface area contributed by atoms with Gasteiger partial charge in [0.2, 0.25) is 0 Å². The monoisotopic (exact) mass is 405 g/mol. The highest BCUT2D eigenvalue weighted by atomic mass is 16.5. The van der Waals surface area contributed by atoms with E-state index in [4.69, 9.17) is 4.74 Å². The van der Waals surface area contributed by atoms with Crippen molar-refractivity contribution < 1.29 is 14.9 Å². The van der Waals surface area contributed by atoms with E-state index in [0.717, 1.165) is 24.4 Å². The van der Waals surface area contributed by atoms with Crippen molar-refractivity contribution in [3.63, 3.8) is 0 Å². The molecule has 4 nitrogen and oxygen atoms in total. The Kier molecular flexibility index (Phi) is 8.45. The lowest BCUT2D eigenvalue weighted by molar-refractivity contribution is 0.0241. The minimum absolute atomic E-state index is 0.0369. The Hall–Kier alpha value is -2.66. The van der Waals surface area contributed by atoms with Crippen LogP contribution in [0.2, 0.25) is 0 Å². The van der Waals surface area contributed by atoms with Gasteiger partial charge in [0.05, 0.1) is 13.2 Å². The third kappa shape index (κ3) is 6.42. The predicted octanol–water partition coefficient (Wildman–Crippen LogP) is 4.05. The molecule has 30 heavy (non-hydrogen) atoms. The number of hydrogen-bond acceptors (Lipinski definition) is 4. The zero-order valence-corrected chi connectivity index (χ0v) is 17.5. The van der Waals surface area contributed by atoms with Crippen LogP contribution in [-0.4, -0.2) is 41.0 Å². The molecule has 158 valence electrons. The van der Waals surface area contributed by atoms with Gasteiger partial charge in [-0.15, -0.1) is 0 Å². The summed E-state index contributed by atoms with van der Waals surface area (Å²) in [4.78, 5) is 2.31. The van der Waals surface area contributed by atoms with Gasteiger partial charge in [-0.1, -0.05) is 72.8 Å². The van der Waals surface area contributed by atoms with Crippen LogP contribution in [0, 0.1) is 0 Å². The SMILES string of the molecule is COc1ccc(C[C@H]([C@H](O)CCO)N(Cc2ccccc2)Cc2ccccc2)cc1. The molecular weight excluding hydrogens is 374 g/mol. The molecule has 0 saturated heterocycles. The van der Waals surface area contributed by atoms with Crippen LogP contribution >= 0.6 is 0 Å². The van der Waals surface area contributed by atoms with Gasteiger partial charge in [-0.05, 0) is 41.7 Å². The second-order valence-corrected chi connectivity index (χ2v) is 7.58. The summed E-state index contributed by atoms with van der Waals surface area (Å²) in [5.41, 5.74) is 3.53. The van der Waals surface area contributed by atoms with Crippen LogP contribution in [0.3, 0.4) is 0 Å². The first kappa shape index (κ1) is 22.0. The molecule has 3 rings (SSSR count). The van der Waals surface area contributed by atoms with Crippen molar-refractivity contribution in [2.45, 2.75) is 38.1 Å². The van der Waals surface area contributed by atoms with Crippen molar-refractivity contribution in [1.29, 1.82) is 0 Å². The molecule has 0 aliphatic heterocycles. The van der Waals surface area contributed by atoms with Crippen molar-refractivity contribution in [2.24, 2.45) is 0 Å². The Labute approximate surface area is 179 Å². The molecule has 0 fully saturated rings. The molecule has 0 unspecified atom stereocenters. The lowest BCUT2D eigenvalue weighted by Crippen LogP contribution is -2.44. The summed E-state index contributed by atoms with van der Waals surface area (Å²) in [5.74, 6) is 0.816. The molecular formula is C26H31NO3. The Balaban J connectivity index is 1.89. The van der Waals surface area contributed by atoms with Crippen molar-refractivity contribution >= 4 is 0 Å². The molecule has 2 N–H and O–H groups in total. The van der Waals surface area contributed by atoms with Gasteiger partial charge >= 0.3 is 0 Å². The zero-order chi connectivity index (χ0) is 21.2. The number of nitrogens with zero attached hydrogens (tertiary/aromatic N) is 1. The van der Waals surface area contributed by atoms with Crippen molar-refractivity contribution in [3.8, 4) is 5.75 Å². The number of benzene rings is 3. The average molecular weight is 406 g/mol. The van der Waals surface area contributed by atoms with E-state index in [9.17, 15) is 10.2 Å². The summed E-state index contributed by atoms with van der Waals surface area (Å²) < 4.78 is 5.27. The summed E-state index contributed by atoms with van der Waals surface area (Å²) >= 11 is 0. The molecule has 2 atom stereocenters. The highest BCUT2D eigenvalue weighted by Crippen LogP contribution is 2.22. The fourth-order valence-corrected chi connectivity index (χ4v) is 3.76. The Morgan fingerprint density at radius 3 is 1.77 bits per heavy atom. The maximum absolute atomic E-state index is 11.0. The van der Waals surface area contributed by atoms with Gasteiger partial charge in [0.25, 0.3) is 0 Å². The third-order valence-electron chi connectivity index (χ3n) is 5.40. The molecule has 0 aromatic heterocycles. The summed E-state index contributed by atoms with van der Waals surface area (Å²) in [6.07, 6.45) is 0.399. The highest BCUT2D eigenvalue weighted by Gasteiger charge is 2.26. The second kappa shape index (κ2) is 11.5. The van der Waals surface area contributed by atoms with E-state index in [0.29, 0.717) is 12.8 Å². The normalized spacial score (nSPS) is 13.2. The number of ether oxygens (including phenoxy) is 1. The summed E-state index contributed by atoms with van der Waals surface area (Å²) in [5, 5.41) is 20.5. The van der Waals surface area contributed by atoms with Gasteiger partial charge in [-0.25, -0.2) is 0 Å². The maximum Gasteiger partial charge on any atom is 0.118 e. The smallest absolute Gasteiger partial charge is 0.118 e. The molecule has 0 aliphatic carbocycles. The summed E-state index contributed by atoms with van der Waals surface area (Å²) in [7, 11) is 1.66. The molecule has 0 radical (unpaired) electrons. The van der Waals surface area contributed by atoms with E-state index < -0.39 is 6.10 Å². The third-order valence-corrected chi connectivity index (χ3v) is 5.40. The highest BCUT2D eigenvalue weighted by molar-refractivity contribution is 5.28. The van der Waals surface area contributed by atoms with Crippen molar-refractivity contribution in [1.82, 2.24) is 4.90 Å². The zero-order valence-electron chi connectivity index (χ0n) is 17.5. The van der Waals surface area contributed by atoms with Gasteiger partial charge in [0.1, 0.15) is 5.75 Å². The fourth-order valence-electron chi connectivity index (χ4n) is 3.76. The Bertz CT molecular complexity index is 811. The lowest BCUT2D eigenvalue weighted by atomic mass is 9.96. The van der Waals surface area contributed by atoms with Gasteiger partial charge in [0.15, 0.2) is 0 Å².